The van der Waals surface area contributed by atoms with Crippen molar-refractivity contribution in [1.82, 2.24) is 0 Å². The second-order valence-electron chi connectivity index (χ2n) is 7.44. The van der Waals surface area contributed by atoms with Gasteiger partial charge in [0.25, 0.3) is 0 Å². The van der Waals surface area contributed by atoms with Crippen LogP contribution in [0.15, 0.2) is 72.8 Å². The predicted octanol–water partition coefficient (Wildman–Crippen LogP) is 7.12. The highest BCUT2D eigenvalue weighted by atomic mass is 16.5. The Morgan fingerprint density at radius 1 is 0.848 bits per heavy atom. The van der Waals surface area contributed by atoms with Crippen LogP contribution in [-0.2, 0) is 24.5 Å². The van der Waals surface area contributed by atoms with Gasteiger partial charge in [-0.1, -0.05) is 108 Å². The molecule has 0 radical (unpaired) electrons. The lowest BCUT2D eigenvalue weighted by molar-refractivity contribution is -0.139. The fourth-order valence-electron chi connectivity index (χ4n) is 3.85. The number of carbonyl (C=O) groups is 2. The van der Waals surface area contributed by atoms with Crippen LogP contribution in [0.25, 0.3) is 0 Å². The van der Waals surface area contributed by atoms with Gasteiger partial charge < -0.3 is 9.47 Å². The van der Waals surface area contributed by atoms with Crippen LogP contribution in [0.1, 0.15) is 71.9 Å². The van der Waals surface area contributed by atoms with Crippen molar-refractivity contribution in [3.05, 3.63) is 83.9 Å². The van der Waals surface area contributed by atoms with Gasteiger partial charge in [-0.2, -0.15) is 0 Å². The van der Waals surface area contributed by atoms with Crippen LogP contribution in [-0.4, -0.2) is 25.7 Å². The van der Waals surface area contributed by atoms with Gasteiger partial charge in [0, 0.05) is 17.6 Å². The van der Waals surface area contributed by atoms with E-state index in [1.807, 2.05) is 13.8 Å². The van der Waals surface area contributed by atoms with Gasteiger partial charge in [-0.25, -0.2) is 9.59 Å². The van der Waals surface area contributed by atoms with E-state index < -0.39 is 11.9 Å². The van der Waals surface area contributed by atoms with Crippen molar-refractivity contribution in [3.63, 3.8) is 0 Å². The molecule has 2 aromatic carbocycles. The maximum absolute atomic E-state index is 10.5. The van der Waals surface area contributed by atoms with E-state index in [1.165, 1.54) is 37.5 Å². The van der Waals surface area contributed by atoms with Crippen molar-refractivity contribution in [2.45, 2.75) is 66.2 Å². The zero-order valence-electron chi connectivity index (χ0n) is 21.5. The summed E-state index contributed by atoms with van der Waals surface area (Å²) in [6.07, 6.45) is 5.77. The molecule has 1 unspecified atom stereocenters. The Morgan fingerprint density at radius 2 is 1.30 bits per heavy atom. The number of methoxy groups -OCH3 is 1. The van der Waals surface area contributed by atoms with Crippen LogP contribution in [0.4, 0.5) is 0 Å². The summed E-state index contributed by atoms with van der Waals surface area (Å²) in [4.78, 5) is 21.0. The number of ether oxygens (including phenoxy) is 2. The minimum Gasteiger partial charge on any atom is -0.466 e. The largest absolute Gasteiger partial charge is 0.466 e. The van der Waals surface area contributed by atoms with Gasteiger partial charge in [0.05, 0.1) is 13.7 Å². The molecule has 0 spiro atoms. The second kappa shape index (κ2) is 17.6. The maximum Gasteiger partial charge on any atom is 0.330 e. The van der Waals surface area contributed by atoms with Crippen LogP contribution < -0.4 is 0 Å². The fraction of sp³-hybridized carbons (Fsp3) is 0.448. The number of esters is 2. The number of rotatable bonds is 9. The van der Waals surface area contributed by atoms with Crippen LogP contribution in [0, 0.1) is 5.92 Å². The minimum absolute atomic E-state index is 0.104. The molecule has 0 aliphatic carbocycles. The van der Waals surface area contributed by atoms with Gasteiger partial charge >= 0.3 is 11.9 Å². The third kappa shape index (κ3) is 10.1. The quantitative estimate of drug-likeness (QED) is 0.299. The third-order valence-electron chi connectivity index (χ3n) is 5.54. The Kier molecular flexibility index (Phi) is 16.1. The summed E-state index contributed by atoms with van der Waals surface area (Å²) >= 11 is 0. The summed E-state index contributed by atoms with van der Waals surface area (Å²) in [5, 5.41) is 0. The van der Waals surface area contributed by atoms with Crippen molar-refractivity contribution < 1.29 is 19.1 Å². The highest BCUT2D eigenvalue weighted by Crippen LogP contribution is 2.42. The smallest absolute Gasteiger partial charge is 0.330 e. The highest BCUT2D eigenvalue weighted by molar-refractivity contribution is 5.91. The first-order valence-corrected chi connectivity index (χ1v) is 12.0. The van der Waals surface area contributed by atoms with Crippen LogP contribution >= 0.6 is 0 Å². The summed E-state index contributed by atoms with van der Waals surface area (Å²) in [6.45, 7) is 13.0. The second-order valence-corrected chi connectivity index (χ2v) is 7.44. The molecule has 0 heterocycles. The zero-order chi connectivity index (χ0) is 25.1. The average molecular weight is 455 g/mol. The first kappa shape index (κ1) is 30.1. The Labute approximate surface area is 201 Å². The first-order chi connectivity index (χ1) is 15.9. The third-order valence-corrected chi connectivity index (χ3v) is 5.54. The van der Waals surface area contributed by atoms with E-state index in [9.17, 15) is 9.59 Å². The van der Waals surface area contributed by atoms with E-state index in [0.717, 1.165) is 12.2 Å². The normalized spacial score (nSPS) is 11.4. The van der Waals surface area contributed by atoms with E-state index in [1.54, 1.807) is 6.92 Å². The monoisotopic (exact) mass is 454 g/mol. The molecule has 33 heavy (non-hydrogen) atoms. The molecule has 4 nitrogen and oxygen atoms in total. The van der Waals surface area contributed by atoms with E-state index in [0.29, 0.717) is 12.5 Å². The molecule has 0 amide bonds. The van der Waals surface area contributed by atoms with Crippen molar-refractivity contribution in [2.75, 3.05) is 13.7 Å². The van der Waals surface area contributed by atoms with Gasteiger partial charge in [0.1, 0.15) is 0 Å². The lowest BCUT2D eigenvalue weighted by atomic mass is 9.65. The molecule has 182 valence electrons. The Balaban J connectivity index is 0.000000673. The van der Waals surface area contributed by atoms with Crippen molar-refractivity contribution >= 4 is 11.9 Å². The molecule has 0 aromatic heterocycles. The van der Waals surface area contributed by atoms with E-state index >= 15 is 0 Å². The van der Waals surface area contributed by atoms with Crippen LogP contribution in [0.2, 0.25) is 0 Å². The predicted molar refractivity (Wildman–Crippen MR) is 137 cm³/mol. The lowest BCUT2D eigenvalue weighted by Gasteiger charge is -2.39. The number of hydrogen-bond donors (Lipinski definition) is 0. The van der Waals surface area contributed by atoms with Gasteiger partial charge in [-0.15, -0.1) is 0 Å². The van der Waals surface area contributed by atoms with Crippen LogP contribution in [0.3, 0.4) is 0 Å². The molecule has 2 rings (SSSR count). The molecule has 1 atom stereocenters. The summed E-state index contributed by atoms with van der Waals surface area (Å²) in [5.74, 6) is -0.437. The molecule has 2 aromatic rings. The fourth-order valence-corrected chi connectivity index (χ4v) is 3.85. The summed E-state index contributed by atoms with van der Waals surface area (Å²) in [6, 6.07) is 22.0. The molecule has 0 N–H and O–H groups in total. The van der Waals surface area contributed by atoms with Crippen molar-refractivity contribution in [2.24, 2.45) is 5.92 Å². The molecule has 0 bridgehead atoms. The van der Waals surface area contributed by atoms with Crippen LogP contribution in [0.5, 0.6) is 0 Å². The van der Waals surface area contributed by atoms with Gasteiger partial charge in [0.2, 0.25) is 0 Å². The molecular formula is C29H42O4. The molecule has 0 aliphatic heterocycles. The molecule has 4 heteroatoms. The molecule has 0 aliphatic rings. The van der Waals surface area contributed by atoms with E-state index in [-0.39, 0.29) is 5.41 Å². The minimum atomic E-state index is -0.571. The lowest BCUT2D eigenvalue weighted by Crippen LogP contribution is -2.33. The molecular weight excluding hydrogens is 412 g/mol. The van der Waals surface area contributed by atoms with Gasteiger partial charge in [0.15, 0.2) is 0 Å². The first-order valence-electron chi connectivity index (χ1n) is 12.0. The van der Waals surface area contributed by atoms with Gasteiger partial charge in [-0.3, -0.25) is 0 Å². The van der Waals surface area contributed by atoms with E-state index in [4.69, 9.17) is 0 Å². The van der Waals surface area contributed by atoms with Crippen molar-refractivity contribution in [3.8, 4) is 0 Å². The zero-order valence-corrected chi connectivity index (χ0v) is 21.5. The summed E-state index contributed by atoms with van der Waals surface area (Å²) in [5.41, 5.74) is 2.98. The summed E-state index contributed by atoms with van der Waals surface area (Å²) in [7, 11) is 1.23. The van der Waals surface area contributed by atoms with Gasteiger partial charge in [-0.05, 0) is 30.4 Å². The number of benzene rings is 2. The highest BCUT2D eigenvalue weighted by Gasteiger charge is 2.35. The number of hydrogen-bond acceptors (Lipinski definition) is 4. The summed E-state index contributed by atoms with van der Waals surface area (Å²) < 4.78 is 8.75. The topological polar surface area (TPSA) is 52.6 Å². The standard InChI is InChI=1S/C20H26.C7H10O4.C2H6/c1-4-12-17(5-2)20(3,18-13-8-6-9-14-18)19-15-10-7-11-16-19;1-3-11-7(9)5-4-6(8)10-2;1-2/h6-11,13-17H,4-5,12H2,1-3H3;4-5H,3H2,1-2H3;1-2H3/b;5-4-;. The van der Waals surface area contributed by atoms with Crippen molar-refractivity contribution in [1.29, 1.82) is 0 Å². The Hall–Kier alpha value is -2.88. The maximum atomic E-state index is 10.5. The van der Waals surface area contributed by atoms with E-state index in [2.05, 4.69) is 90.9 Å². The SMILES string of the molecule is CC.CCCC(CC)C(C)(c1ccccc1)c1ccccc1.CCOC(=O)/C=C\C(=O)OC. The molecule has 0 fully saturated rings. The Morgan fingerprint density at radius 3 is 1.67 bits per heavy atom. The number of carbonyl (C=O) groups excluding carboxylic acids is 2. The molecule has 0 saturated heterocycles. The average Bonchev–Trinajstić information content (AvgIpc) is 2.88. The molecule has 0 saturated carbocycles. The Bertz CT molecular complexity index is 757.